The lowest BCUT2D eigenvalue weighted by Crippen LogP contribution is -2.67. The van der Waals surface area contributed by atoms with Crippen LogP contribution in [0, 0.1) is 50.2 Å². The van der Waals surface area contributed by atoms with E-state index in [-0.39, 0.29) is 45.3 Å². The van der Waals surface area contributed by atoms with Crippen LogP contribution >= 0.6 is 0 Å². The van der Waals surface area contributed by atoms with Crippen molar-refractivity contribution in [2.24, 2.45) is 50.2 Å². The molecule has 5 aliphatic carbocycles. The smallest absolute Gasteiger partial charge is 0.226 e. The van der Waals surface area contributed by atoms with Crippen LogP contribution in [0.1, 0.15) is 177 Å². The van der Waals surface area contributed by atoms with E-state index in [2.05, 4.69) is 76.6 Å². The number of hydrogen-bond donors (Lipinski definition) is 36. The highest BCUT2D eigenvalue weighted by atomic mass is 16.8. The third-order valence-corrected chi connectivity index (χ3v) is 31.5. The first-order chi connectivity index (χ1) is 65.2. The third kappa shape index (κ3) is 27.3. The Hall–Kier alpha value is -2.96. The van der Waals surface area contributed by atoms with Crippen molar-refractivity contribution in [1.29, 1.82) is 0 Å². The van der Waals surface area contributed by atoms with Gasteiger partial charge in [0.25, 0.3) is 0 Å². The maximum absolute atomic E-state index is 14.7. The highest BCUT2D eigenvalue weighted by molar-refractivity contribution is 5.84. The largest absolute Gasteiger partial charge is 0.394 e. The first-order valence-corrected chi connectivity index (χ1v) is 48.2. The highest BCUT2D eigenvalue weighted by Gasteiger charge is 2.71. The van der Waals surface area contributed by atoms with Crippen LogP contribution in [-0.2, 0) is 61.7 Å². The van der Waals surface area contributed by atoms with Gasteiger partial charge in [-0.3, -0.25) is 4.79 Å². The fourth-order valence-electron chi connectivity index (χ4n) is 22.2. The van der Waals surface area contributed by atoms with Crippen LogP contribution in [0.25, 0.3) is 0 Å². The second kappa shape index (κ2) is 53.0. The molecule has 36 N–H and O–H groups in total. The Morgan fingerprint density at radius 3 is 1.04 bits per heavy atom. The number of ether oxygens (including phenoxy) is 11. The molecule has 1 amide bonds. The lowest BCUT2D eigenvalue weighted by molar-refractivity contribution is -0.349. The molecule has 8 saturated heterocycles. The average molecular weight is 2030 g/mol. The van der Waals surface area contributed by atoms with E-state index in [1.54, 1.807) is 0 Å². The summed E-state index contributed by atoms with van der Waals surface area (Å²) in [5.41, 5.74) is -0.434. The van der Waals surface area contributed by atoms with E-state index >= 15 is 0 Å². The molecule has 0 aromatic rings. The maximum Gasteiger partial charge on any atom is 0.226 e. The van der Waals surface area contributed by atoms with Crippen LogP contribution in [-0.4, -0.2) is 502 Å². The molecule has 4 saturated carbocycles. The number of aliphatic hydroxyl groups is 35. The van der Waals surface area contributed by atoms with Crippen LogP contribution in [0.2, 0.25) is 0 Å². The molecule has 8 aliphatic heterocycles. The highest BCUT2D eigenvalue weighted by Crippen LogP contribution is 2.76. The predicted molar refractivity (Wildman–Crippen MR) is 468 cm³/mol. The fraction of sp³-hybridized carbons (Fsp3) is 0.956. The number of allylic oxidation sites excluding steroid dienone is 2. The predicted octanol–water partition coefficient (Wildman–Crippen LogP) is -12.3. The topological polar surface area (TPSA) is 856 Å². The molecular formula is C90H161NO48. The Morgan fingerprint density at radius 1 is 0.360 bits per heavy atom. The van der Waals surface area contributed by atoms with Gasteiger partial charge in [0.05, 0.1) is 69.8 Å². The molecule has 8 heterocycles. The number of carbonyl (C=O) groups is 2. The molecule has 0 aromatic carbocycles. The molecule has 42 unspecified atom stereocenters. The molecule has 49 nitrogen and oxygen atoms in total. The SMILES string of the molecule is CCCCCCCCCCCCNC(=O)[C@]12CCC(C)(C)C[C@H]1C1=CCC3[C@@]4(C)CC[C@H](OC5OC(COC6OC(COC7OC(CO)C(O)C(O)C7O)C(O)C(O)C6O)C(O)C(O)C5O)[C@@](C)(C=O)C4CC[C@@]3(C)[C@]1(C)CC2.OCC1OC(O)C(O)C(O)C1O.OCC1OC(O)C(O)C(O)C1O.OCC1OC(O)C(O)C(O)C1O.OCC1OC(O)C(O)C(O)C1O.OCC1OC(O)C(O)C(O)C1O. The number of amides is 1. The number of carbonyl (C=O) groups excluding carboxylic acids is 2. The van der Waals surface area contributed by atoms with Gasteiger partial charge in [0.2, 0.25) is 5.91 Å². The molecule has 0 bridgehead atoms. The Bertz CT molecular complexity index is 3430. The van der Waals surface area contributed by atoms with Gasteiger partial charge in [-0.1, -0.05) is 118 Å². The zero-order valence-corrected chi connectivity index (χ0v) is 79.5. The van der Waals surface area contributed by atoms with E-state index in [0.717, 1.165) is 83.5 Å². The molecule has 13 rings (SSSR count). The zero-order chi connectivity index (χ0) is 104. The first kappa shape index (κ1) is 121. The number of unbranched alkanes of at least 4 members (excludes halogenated alkanes) is 9. The van der Waals surface area contributed by atoms with E-state index in [1.807, 2.05) is 6.92 Å². The van der Waals surface area contributed by atoms with Gasteiger partial charge in [0.15, 0.2) is 50.3 Å². The fourth-order valence-corrected chi connectivity index (χ4v) is 22.2. The normalized spacial score (nSPS) is 48.3. The van der Waals surface area contributed by atoms with Gasteiger partial charge >= 0.3 is 0 Å². The zero-order valence-electron chi connectivity index (χ0n) is 79.5. The van der Waals surface area contributed by atoms with Crippen molar-refractivity contribution in [2.75, 3.05) is 59.4 Å². The van der Waals surface area contributed by atoms with Crippen LogP contribution < -0.4 is 5.32 Å². The monoisotopic (exact) mass is 2020 g/mol. The van der Waals surface area contributed by atoms with E-state index in [9.17, 15) is 60.7 Å². The Kier molecular flexibility index (Phi) is 46.2. The second-order valence-corrected chi connectivity index (χ2v) is 40.9. The van der Waals surface area contributed by atoms with Gasteiger partial charge in [-0.25, -0.2) is 0 Å². The average Bonchev–Trinajstić information content (AvgIpc) is 0.672. The molecule has 49 atom stereocenters. The lowest BCUT2D eigenvalue weighted by atomic mass is 9.33. The van der Waals surface area contributed by atoms with E-state index < -0.39 is 315 Å². The minimum atomic E-state index is -1.85. The Morgan fingerprint density at radius 2 is 0.676 bits per heavy atom. The van der Waals surface area contributed by atoms with Gasteiger partial charge in [-0.15, -0.1) is 0 Å². The van der Waals surface area contributed by atoms with Crippen molar-refractivity contribution in [3.63, 3.8) is 0 Å². The Balaban J connectivity index is 0.000000309. The van der Waals surface area contributed by atoms with Crippen molar-refractivity contribution in [2.45, 2.75) is 429 Å². The maximum atomic E-state index is 14.7. The standard InChI is InChI=1S/C60H101NO18.5C6H12O6/c1-8-9-10-11-12-13-14-15-16-17-28-61-54(73)60-26-24-55(2,3)29-35(60)34-18-19-40-56(4)22-21-41(57(5,33-63)39(56)20-23-59(40,7)58(34,6)25-27-60)79-53-50(72)47(69)44(66)38(78-53)32-75-52-49(71)46(68)43(65)37(77-52)31-74-51-48(70)45(67)42(64)36(30-62)76-51;5*7-1-2-3(8)4(9)5(10)6(11)12-2/h18,33,35-53,62,64-72H,8-17,19-32H2,1-7H3,(H,61,73);5*2-11H,1H2/t35-,36?,37?,38?,39?,40?,41-,42?,43?,44?,45?,46?,47?,48?,49?,50?,51?,52?,53?,56-,57-,58+,59+,60-;;;;;/m0...../s1. The first-order valence-electron chi connectivity index (χ1n) is 48.2. The van der Waals surface area contributed by atoms with Crippen LogP contribution in [0.5, 0.6) is 0 Å². The van der Waals surface area contributed by atoms with E-state index in [4.69, 9.17) is 156 Å². The number of fused-ring (bicyclic) bond motifs is 7. The molecule has 814 valence electrons. The van der Waals surface area contributed by atoms with Crippen molar-refractivity contribution >= 4 is 12.2 Å². The minimum absolute atomic E-state index is 0.108. The summed E-state index contributed by atoms with van der Waals surface area (Å²) in [6.07, 6.45) is -36.2. The summed E-state index contributed by atoms with van der Waals surface area (Å²) in [4.78, 5) is 28.4. The molecule has 0 spiro atoms. The summed E-state index contributed by atoms with van der Waals surface area (Å²) in [5, 5.41) is 333. The molecule has 12 fully saturated rings. The second-order valence-electron chi connectivity index (χ2n) is 40.9. The van der Waals surface area contributed by atoms with E-state index in [0.29, 0.717) is 6.42 Å². The molecular weight excluding hydrogens is 1860 g/mol. The third-order valence-electron chi connectivity index (χ3n) is 31.5. The van der Waals surface area contributed by atoms with Gasteiger partial charge < -0.3 is 241 Å². The minimum Gasteiger partial charge on any atom is -0.394 e. The van der Waals surface area contributed by atoms with Gasteiger partial charge in [0.1, 0.15) is 202 Å². The van der Waals surface area contributed by atoms with E-state index in [1.165, 1.54) is 56.9 Å². The summed E-state index contributed by atoms with van der Waals surface area (Å²) in [7, 11) is 0. The van der Waals surface area contributed by atoms with Crippen molar-refractivity contribution in [1.82, 2.24) is 5.32 Å². The van der Waals surface area contributed by atoms with Gasteiger partial charge in [-0.2, -0.15) is 0 Å². The molecule has 13 aliphatic rings. The molecule has 0 radical (unpaired) electrons. The summed E-state index contributed by atoms with van der Waals surface area (Å²) < 4.78 is 58.1. The number of aldehydes is 1. The quantitative estimate of drug-likeness (QED) is 0.0157. The summed E-state index contributed by atoms with van der Waals surface area (Å²) in [5.74, 6) is 0.521. The van der Waals surface area contributed by atoms with Crippen molar-refractivity contribution in [3.8, 4) is 0 Å². The van der Waals surface area contributed by atoms with Gasteiger partial charge in [-0.05, 0) is 110 Å². The summed E-state index contributed by atoms with van der Waals surface area (Å²) >= 11 is 0. The Labute approximate surface area is 804 Å². The molecule has 49 heteroatoms. The molecule has 139 heavy (non-hydrogen) atoms. The number of rotatable bonds is 27. The number of aliphatic hydroxyl groups excluding tert-OH is 35. The van der Waals surface area contributed by atoms with Gasteiger partial charge in [0, 0.05) is 6.54 Å². The number of nitrogens with one attached hydrogen (secondary N) is 1. The summed E-state index contributed by atoms with van der Waals surface area (Å²) in [6, 6.07) is 0. The van der Waals surface area contributed by atoms with Crippen LogP contribution in [0.3, 0.4) is 0 Å². The van der Waals surface area contributed by atoms with Crippen LogP contribution in [0.4, 0.5) is 0 Å². The van der Waals surface area contributed by atoms with Crippen LogP contribution in [0.15, 0.2) is 11.6 Å². The van der Waals surface area contributed by atoms with Crippen molar-refractivity contribution < 1.29 is 240 Å². The molecule has 0 aromatic heterocycles. The lowest BCUT2D eigenvalue weighted by Gasteiger charge is -2.71. The number of hydrogen-bond acceptors (Lipinski definition) is 48. The van der Waals surface area contributed by atoms with Crippen molar-refractivity contribution in [3.05, 3.63) is 11.6 Å². The summed E-state index contributed by atoms with van der Waals surface area (Å²) in [6.45, 7) is 12.4.